The number of thiazole rings is 1. The van der Waals surface area contributed by atoms with Crippen LogP contribution in [-0.4, -0.2) is 55.5 Å². The minimum absolute atomic E-state index is 0.123. The van der Waals surface area contributed by atoms with E-state index in [0.29, 0.717) is 46.7 Å². The Labute approximate surface area is 241 Å². The van der Waals surface area contributed by atoms with Gasteiger partial charge in [0.25, 0.3) is 5.91 Å². The molecule has 1 aliphatic rings. The lowest BCUT2D eigenvalue weighted by molar-refractivity contribution is -0.142. The first-order valence-corrected chi connectivity index (χ1v) is 14.1. The fourth-order valence-electron chi connectivity index (χ4n) is 4.86. The Bertz CT molecular complexity index is 1660. The number of nitrogens with zero attached hydrogens (tertiary/aromatic N) is 3. The number of anilines is 2. The molecule has 40 heavy (non-hydrogen) atoms. The van der Waals surface area contributed by atoms with Gasteiger partial charge in [-0.05, 0) is 60.9 Å². The lowest BCUT2D eigenvalue weighted by Gasteiger charge is -2.24. The van der Waals surface area contributed by atoms with Gasteiger partial charge in [0.2, 0.25) is 0 Å². The number of carbonyl (C=O) groups is 2. The highest BCUT2D eigenvalue weighted by Crippen LogP contribution is 2.41. The van der Waals surface area contributed by atoms with Gasteiger partial charge in [0, 0.05) is 47.2 Å². The number of halogens is 1. The van der Waals surface area contributed by atoms with E-state index in [1.165, 1.54) is 17.6 Å². The van der Waals surface area contributed by atoms with Crippen LogP contribution in [0.1, 0.15) is 29.2 Å². The van der Waals surface area contributed by atoms with E-state index in [1.807, 2.05) is 49.4 Å². The first-order chi connectivity index (χ1) is 19.3. The molecule has 0 radical (unpaired) electrons. The van der Waals surface area contributed by atoms with E-state index < -0.39 is 0 Å². The predicted molar refractivity (Wildman–Crippen MR) is 163 cm³/mol. The molecule has 1 amide bonds. The molecular weight excluding hydrogens is 546 g/mol. The summed E-state index contributed by atoms with van der Waals surface area (Å²) in [4.78, 5) is 37.3. The van der Waals surface area contributed by atoms with Crippen molar-refractivity contribution in [3.63, 3.8) is 0 Å². The lowest BCUT2D eigenvalue weighted by atomic mass is 9.93. The summed E-state index contributed by atoms with van der Waals surface area (Å²) >= 11 is 7.60. The van der Waals surface area contributed by atoms with Crippen LogP contribution in [0.4, 0.5) is 10.8 Å². The third-order valence-electron chi connectivity index (χ3n) is 6.78. The number of aliphatic imine (C=N–C) groups is 1. The Hall–Kier alpha value is -4.08. The topological polar surface area (TPSA) is 108 Å². The number of nitrogens with one attached hydrogen (secondary N) is 2. The second-order valence-corrected chi connectivity index (χ2v) is 10.7. The molecule has 0 aliphatic carbocycles. The molecule has 0 unspecified atom stereocenters. The van der Waals surface area contributed by atoms with Gasteiger partial charge >= 0.3 is 5.97 Å². The van der Waals surface area contributed by atoms with Crippen LogP contribution >= 0.6 is 22.9 Å². The smallest absolute Gasteiger partial charge is 0.310 e. The summed E-state index contributed by atoms with van der Waals surface area (Å²) in [5, 5.41) is 12.0. The van der Waals surface area contributed by atoms with Gasteiger partial charge in [-0.25, -0.2) is 4.98 Å². The standard InChI is InChI=1S/C30H28ClN5O3S/c1-4-39-25(37)15-22-17(2)13-24-28(26(22)18-5-8-21(31)9-6-18)40-30(35-24)36-12-11-34-27(29(36)38)19-7-10-23(33-3)20(14-19)16-32/h5-10,13-14,16,32-33H,4,11-12,15H2,1-3H3. The summed E-state index contributed by atoms with van der Waals surface area (Å²) in [6.45, 7) is 4.89. The van der Waals surface area contributed by atoms with Crippen LogP contribution in [0.2, 0.25) is 5.02 Å². The van der Waals surface area contributed by atoms with E-state index in [4.69, 9.17) is 26.7 Å². The zero-order valence-electron chi connectivity index (χ0n) is 22.4. The maximum atomic E-state index is 13.7. The number of hydrogen-bond acceptors (Lipinski definition) is 8. The van der Waals surface area contributed by atoms with Crippen molar-refractivity contribution in [2.45, 2.75) is 20.3 Å². The Kier molecular flexibility index (Phi) is 7.95. The summed E-state index contributed by atoms with van der Waals surface area (Å²) < 4.78 is 6.14. The largest absolute Gasteiger partial charge is 0.466 e. The fourth-order valence-corrected chi connectivity index (χ4v) is 6.15. The fraction of sp³-hybridized carbons (Fsp3) is 0.233. The number of amides is 1. The van der Waals surface area contributed by atoms with E-state index in [9.17, 15) is 9.59 Å². The Morgan fingerprint density at radius 2 is 1.95 bits per heavy atom. The zero-order valence-corrected chi connectivity index (χ0v) is 23.9. The highest BCUT2D eigenvalue weighted by Gasteiger charge is 2.29. The van der Waals surface area contributed by atoms with Crippen molar-refractivity contribution in [1.82, 2.24) is 4.98 Å². The second-order valence-electron chi connectivity index (χ2n) is 9.26. The van der Waals surface area contributed by atoms with Crippen molar-refractivity contribution in [3.05, 3.63) is 75.8 Å². The first kappa shape index (κ1) is 27.5. The SMILES string of the molecule is CCOC(=O)Cc1c(C)cc2nc(N3CCN=C(c4ccc(NC)c(C=N)c4)C3=O)sc2c1-c1ccc(Cl)cc1. The van der Waals surface area contributed by atoms with E-state index >= 15 is 0 Å². The van der Waals surface area contributed by atoms with Crippen molar-refractivity contribution < 1.29 is 14.3 Å². The molecule has 0 saturated carbocycles. The van der Waals surface area contributed by atoms with Crippen LogP contribution in [0, 0.1) is 12.3 Å². The second kappa shape index (κ2) is 11.6. The third-order valence-corrected chi connectivity index (χ3v) is 8.15. The number of carbonyl (C=O) groups excluding carboxylic acids is 2. The van der Waals surface area contributed by atoms with Crippen molar-refractivity contribution in [2.75, 3.05) is 37.0 Å². The van der Waals surface area contributed by atoms with Gasteiger partial charge in [0.05, 0.1) is 29.8 Å². The first-order valence-electron chi connectivity index (χ1n) is 12.9. The van der Waals surface area contributed by atoms with Crippen LogP contribution < -0.4 is 10.2 Å². The molecule has 2 N–H and O–H groups in total. The van der Waals surface area contributed by atoms with Gasteiger partial charge in [-0.3, -0.25) is 19.5 Å². The van der Waals surface area contributed by atoms with Gasteiger partial charge in [-0.15, -0.1) is 0 Å². The van der Waals surface area contributed by atoms with Gasteiger partial charge < -0.3 is 15.5 Å². The van der Waals surface area contributed by atoms with Crippen LogP contribution in [0.15, 0.2) is 53.5 Å². The highest BCUT2D eigenvalue weighted by atomic mass is 35.5. The van der Waals surface area contributed by atoms with Crippen LogP contribution in [-0.2, 0) is 20.7 Å². The van der Waals surface area contributed by atoms with E-state index in [2.05, 4.69) is 10.3 Å². The van der Waals surface area contributed by atoms with Gasteiger partial charge in [0.1, 0.15) is 5.71 Å². The number of hydrogen-bond donors (Lipinski definition) is 2. The van der Waals surface area contributed by atoms with Crippen LogP contribution in [0.25, 0.3) is 21.3 Å². The molecule has 1 aromatic heterocycles. The summed E-state index contributed by atoms with van der Waals surface area (Å²) in [6.07, 6.45) is 1.38. The minimum atomic E-state index is -0.300. The molecule has 8 nitrogen and oxygen atoms in total. The minimum Gasteiger partial charge on any atom is -0.466 e. The summed E-state index contributed by atoms with van der Waals surface area (Å²) in [7, 11) is 1.79. The molecule has 3 aromatic carbocycles. The molecule has 0 atom stereocenters. The molecule has 0 bridgehead atoms. The molecule has 10 heteroatoms. The highest BCUT2D eigenvalue weighted by molar-refractivity contribution is 7.23. The molecule has 2 heterocycles. The summed E-state index contributed by atoms with van der Waals surface area (Å²) in [5.74, 6) is -0.541. The van der Waals surface area contributed by atoms with Crippen LogP contribution in [0.3, 0.4) is 0 Å². The average Bonchev–Trinajstić information content (AvgIpc) is 3.37. The van der Waals surface area contributed by atoms with Crippen molar-refractivity contribution in [1.29, 1.82) is 5.41 Å². The third kappa shape index (κ3) is 5.22. The molecule has 1 aliphatic heterocycles. The molecule has 5 rings (SSSR count). The lowest BCUT2D eigenvalue weighted by Crippen LogP contribution is -2.42. The molecule has 0 fully saturated rings. The van der Waals surface area contributed by atoms with Gasteiger partial charge in [-0.2, -0.15) is 0 Å². The van der Waals surface area contributed by atoms with Gasteiger partial charge in [0.15, 0.2) is 5.13 Å². The van der Waals surface area contributed by atoms with Crippen molar-refractivity contribution >= 4 is 67.8 Å². The van der Waals surface area contributed by atoms with E-state index in [1.54, 1.807) is 24.9 Å². The zero-order chi connectivity index (χ0) is 28.4. The molecule has 204 valence electrons. The average molecular weight is 574 g/mol. The number of aryl methyl sites for hydroxylation is 1. The van der Waals surface area contributed by atoms with Crippen molar-refractivity contribution in [2.24, 2.45) is 4.99 Å². The maximum absolute atomic E-state index is 13.7. The molecule has 0 spiro atoms. The molecular formula is C30H28ClN5O3S. The van der Waals surface area contributed by atoms with Crippen molar-refractivity contribution in [3.8, 4) is 11.1 Å². The predicted octanol–water partition coefficient (Wildman–Crippen LogP) is 5.91. The van der Waals surface area contributed by atoms with Crippen LogP contribution in [0.5, 0.6) is 0 Å². The number of rotatable bonds is 8. The number of esters is 1. The number of fused-ring (bicyclic) bond motifs is 1. The Morgan fingerprint density at radius 3 is 2.65 bits per heavy atom. The number of aromatic nitrogens is 1. The number of ether oxygens (including phenoxy) is 1. The monoisotopic (exact) mass is 573 g/mol. The number of benzene rings is 3. The van der Waals surface area contributed by atoms with E-state index in [-0.39, 0.29) is 18.3 Å². The normalized spacial score (nSPS) is 13.3. The van der Waals surface area contributed by atoms with E-state index in [0.717, 1.165) is 38.2 Å². The maximum Gasteiger partial charge on any atom is 0.310 e. The summed E-state index contributed by atoms with van der Waals surface area (Å²) in [6, 6.07) is 14.9. The Balaban J connectivity index is 1.59. The summed E-state index contributed by atoms with van der Waals surface area (Å²) in [5.41, 5.74) is 6.79. The quantitative estimate of drug-likeness (QED) is 0.201. The Morgan fingerprint density at radius 1 is 1.20 bits per heavy atom. The van der Waals surface area contributed by atoms with Gasteiger partial charge in [-0.1, -0.05) is 41.1 Å². The molecule has 4 aromatic rings. The molecule has 0 saturated heterocycles.